The first kappa shape index (κ1) is 17.5. The maximum absolute atomic E-state index is 12.9. The molecule has 146 valence electrons. The van der Waals surface area contributed by atoms with Gasteiger partial charge in [0, 0.05) is 18.7 Å². The predicted octanol–water partition coefficient (Wildman–Crippen LogP) is 2.54. The summed E-state index contributed by atoms with van der Waals surface area (Å²) in [5.74, 6) is 2.09. The Bertz CT molecular complexity index is 1100. The van der Waals surface area contributed by atoms with Gasteiger partial charge in [-0.05, 0) is 37.1 Å². The number of furan rings is 1. The summed E-state index contributed by atoms with van der Waals surface area (Å²) < 4.78 is 40.8. The van der Waals surface area contributed by atoms with Crippen molar-refractivity contribution in [3.63, 3.8) is 0 Å². The molecule has 3 aliphatic rings. The number of carbonyl (C=O) groups is 1. The highest BCUT2D eigenvalue weighted by Crippen LogP contribution is 2.44. The second-order valence-corrected chi connectivity index (χ2v) is 9.64. The summed E-state index contributed by atoms with van der Waals surface area (Å²) in [6.45, 7) is 2.67. The highest BCUT2D eigenvalue weighted by molar-refractivity contribution is 7.91. The fraction of sp³-hybridized carbons (Fsp3) is 0.350. The molecule has 28 heavy (non-hydrogen) atoms. The maximum atomic E-state index is 12.9. The quantitative estimate of drug-likeness (QED) is 0.715. The van der Waals surface area contributed by atoms with E-state index in [-0.39, 0.29) is 29.1 Å². The molecule has 0 aliphatic carbocycles. The van der Waals surface area contributed by atoms with E-state index in [0.29, 0.717) is 42.5 Å². The highest BCUT2D eigenvalue weighted by Gasteiger charge is 2.39. The van der Waals surface area contributed by atoms with Crippen LogP contribution in [0.15, 0.2) is 34.6 Å². The molecule has 1 fully saturated rings. The second-order valence-electron chi connectivity index (χ2n) is 7.41. The van der Waals surface area contributed by atoms with Gasteiger partial charge < -0.3 is 13.9 Å². The van der Waals surface area contributed by atoms with E-state index in [1.807, 2.05) is 17.9 Å². The largest absolute Gasteiger partial charge is 0.478 e. The van der Waals surface area contributed by atoms with E-state index in [0.717, 1.165) is 11.1 Å². The van der Waals surface area contributed by atoms with Gasteiger partial charge in [0.05, 0.1) is 28.9 Å². The number of hydrogen-bond donors (Lipinski definition) is 0. The van der Waals surface area contributed by atoms with Crippen molar-refractivity contribution in [1.29, 1.82) is 0 Å². The van der Waals surface area contributed by atoms with Gasteiger partial charge in [-0.25, -0.2) is 8.42 Å². The zero-order valence-corrected chi connectivity index (χ0v) is 16.1. The average molecular weight is 401 g/mol. The smallest absolute Gasteiger partial charge is 0.232 e. The van der Waals surface area contributed by atoms with Crippen molar-refractivity contribution in [2.45, 2.75) is 25.9 Å². The molecule has 0 N–H and O–H groups in total. The van der Waals surface area contributed by atoms with Crippen molar-refractivity contribution >= 4 is 21.7 Å². The lowest BCUT2D eigenvalue weighted by molar-refractivity contribution is 0.0633. The van der Waals surface area contributed by atoms with Crippen LogP contribution in [0.1, 0.15) is 33.7 Å². The number of allylic oxidation sites excluding steroid dienone is 1. The first-order valence-corrected chi connectivity index (χ1v) is 10.9. The van der Waals surface area contributed by atoms with Crippen molar-refractivity contribution < 1.29 is 27.1 Å². The number of carbonyl (C=O) groups excluding carboxylic acids is 1. The normalized spacial score (nSPS) is 24.7. The standard InChI is InChI=1S/C20H19NO6S/c1-12-7-16-15(9-21(11-26-16)13-4-6-28(23,24)10-13)20-18(12)19(22)17(27-20)8-14-3-2-5-25-14/h2-3,5,7-8,13H,4,6,9-11H2,1H3/b17-8-. The number of rotatable bonds is 2. The molecule has 1 atom stereocenters. The van der Waals surface area contributed by atoms with Crippen LogP contribution >= 0.6 is 0 Å². The van der Waals surface area contributed by atoms with Gasteiger partial charge >= 0.3 is 0 Å². The zero-order valence-electron chi connectivity index (χ0n) is 15.3. The molecule has 0 bridgehead atoms. The van der Waals surface area contributed by atoms with Crippen molar-refractivity contribution in [1.82, 2.24) is 4.90 Å². The Hall–Kier alpha value is -2.58. The summed E-state index contributed by atoms with van der Waals surface area (Å²) in [5, 5.41) is 0. The number of nitrogens with zero attached hydrogens (tertiary/aromatic N) is 1. The minimum atomic E-state index is -2.99. The first-order chi connectivity index (χ1) is 13.4. The molecule has 4 heterocycles. The number of benzene rings is 1. The van der Waals surface area contributed by atoms with Crippen LogP contribution in [0.3, 0.4) is 0 Å². The van der Waals surface area contributed by atoms with E-state index in [1.165, 1.54) is 6.26 Å². The van der Waals surface area contributed by atoms with E-state index in [1.54, 1.807) is 18.2 Å². The van der Waals surface area contributed by atoms with Gasteiger partial charge in [0.2, 0.25) is 5.78 Å². The number of aryl methyl sites for hydroxylation is 1. The van der Waals surface area contributed by atoms with E-state index in [9.17, 15) is 13.2 Å². The summed E-state index contributed by atoms with van der Waals surface area (Å²) >= 11 is 0. The van der Waals surface area contributed by atoms with Crippen LogP contribution < -0.4 is 9.47 Å². The van der Waals surface area contributed by atoms with Crippen LogP contribution in [-0.4, -0.2) is 43.4 Å². The minimum absolute atomic E-state index is 0.0784. The fourth-order valence-corrected chi connectivity index (χ4v) is 5.81. The number of hydrogen-bond acceptors (Lipinski definition) is 7. The maximum Gasteiger partial charge on any atom is 0.232 e. The Morgan fingerprint density at radius 1 is 1.32 bits per heavy atom. The Morgan fingerprint density at radius 2 is 2.18 bits per heavy atom. The van der Waals surface area contributed by atoms with Crippen LogP contribution in [0.2, 0.25) is 0 Å². The molecule has 8 heteroatoms. The van der Waals surface area contributed by atoms with Gasteiger partial charge in [0.1, 0.15) is 24.0 Å². The van der Waals surface area contributed by atoms with Crippen molar-refractivity contribution in [3.05, 3.63) is 52.7 Å². The van der Waals surface area contributed by atoms with E-state index in [4.69, 9.17) is 13.9 Å². The van der Waals surface area contributed by atoms with Gasteiger partial charge in [0.25, 0.3) is 0 Å². The summed E-state index contributed by atoms with van der Waals surface area (Å²) in [6.07, 6.45) is 3.71. The number of Topliss-reactive ketones (excluding diaryl/α,β-unsaturated/α-hetero) is 1. The van der Waals surface area contributed by atoms with Crippen LogP contribution in [0.4, 0.5) is 0 Å². The Kier molecular flexibility index (Phi) is 3.89. The topological polar surface area (TPSA) is 86.0 Å². The van der Waals surface area contributed by atoms with Crippen LogP contribution in [0.5, 0.6) is 11.5 Å². The molecule has 2 aromatic rings. The SMILES string of the molecule is Cc1cc2c(c3c1C(=O)/C(=C/c1ccco1)O3)CN(C1CCS(=O)(=O)C1)CO2. The van der Waals surface area contributed by atoms with Crippen LogP contribution in [0.25, 0.3) is 6.08 Å². The Balaban J connectivity index is 1.50. The summed E-state index contributed by atoms with van der Waals surface area (Å²) in [7, 11) is -2.99. The first-order valence-electron chi connectivity index (χ1n) is 9.13. The third-order valence-corrected chi connectivity index (χ3v) is 7.24. The van der Waals surface area contributed by atoms with E-state index in [2.05, 4.69) is 0 Å². The lowest BCUT2D eigenvalue weighted by atomic mass is 9.98. The van der Waals surface area contributed by atoms with Gasteiger partial charge in [0.15, 0.2) is 15.6 Å². The van der Waals surface area contributed by atoms with Gasteiger partial charge in [-0.15, -0.1) is 0 Å². The monoisotopic (exact) mass is 401 g/mol. The molecule has 1 unspecified atom stereocenters. The zero-order chi connectivity index (χ0) is 19.5. The molecule has 0 spiro atoms. The minimum Gasteiger partial charge on any atom is -0.478 e. The molecule has 7 nitrogen and oxygen atoms in total. The highest BCUT2D eigenvalue weighted by atomic mass is 32.2. The third kappa shape index (κ3) is 2.84. The predicted molar refractivity (Wildman–Crippen MR) is 101 cm³/mol. The van der Waals surface area contributed by atoms with Gasteiger partial charge in [-0.3, -0.25) is 9.69 Å². The number of ether oxygens (including phenoxy) is 2. The summed E-state index contributed by atoms with van der Waals surface area (Å²) in [4.78, 5) is 14.9. The van der Waals surface area contributed by atoms with Crippen molar-refractivity contribution in [2.75, 3.05) is 18.2 Å². The van der Waals surface area contributed by atoms with E-state index >= 15 is 0 Å². The fourth-order valence-electron chi connectivity index (χ4n) is 4.05. The second kappa shape index (κ2) is 6.22. The third-order valence-electron chi connectivity index (χ3n) is 5.49. The molecule has 3 aliphatic heterocycles. The van der Waals surface area contributed by atoms with Crippen molar-refractivity contribution in [3.8, 4) is 11.5 Å². The van der Waals surface area contributed by atoms with Crippen LogP contribution in [0, 0.1) is 6.92 Å². The van der Waals surface area contributed by atoms with Gasteiger partial charge in [-0.1, -0.05) is 0 Å². The molecular weight excluding hydrogens is 382 g/mol. The van der Waals surface area contributed by atoms with Gasteiger partial charge in [-0.2, -0.15) is 0 Å². The number of sulfone groups is 1. The Morgan fingerprint density at radius 3 is 2.89 bits per heavy atom. The number of ketones is 1. The average Bonchev–Trinajstić information content (AvgIpc) is 3.36. The molecule has 0 amide bonds. The summed E-state index contributed by atoms with van der Waals surface area (Å²) in [6, 6.07) is 5.27. The Labute approximate surface area is 162 Å². The lowest BCUT2D eigenvalue weighted by Crippen LogP contribution is -2.41. The molecular formula is C20H19NO6S. The lowest BCUT2D eigenvalue weighted by Gasteiger charge is -2.33. The molecule has 1 aromatic heterocycles. The molecule has 1 aromatic carbocycles. The van der Waals surface area contributed by atoms with Crippen LogP contribution in [-0.2, 0) is 16.4 Å². The molecule has 1 saturated heterocycles. The summed E-state index contributed by atoms with van der Waals surface area (Å²) in [5.41, 5.74) is 2.10. The van der Waals surface area contributed by atoms with Crippen molar-refractivity contribution in [2.24, 2.45) is 0 Å². The van der Waals surface area contributed by atoms with E-state index < -0.39 is 9.84 Å². The molecule has 5 rings (SSSR count). The molecule has 0 saturated carbocycles. The molecule has 0 radical (unpaired) electrons. The number of fused-ring (bicyclic) bond motifs is 3.